The number of unbranched alkanes of at least 4 members (excludes halogenated alkanes) is 1. The average Bonchev–Trinajstić information content (AvgIpc) is 2.83. The number of aliphatic imine (C=N–C) groups is 1. The van der Waals surface area contributed by atoms with Crippen LogP contribution in [-0.4, -0.2) is 29.1 Å². The topological polar surface area (TPSA) is 144 Å². The Labute approximate surface area is 126 Å². The molecule has 0 aliphatic heterocycles. The third-order valence-corrected chi connectivity index (χ3v) is 3.13. The Morgan fingerprint density at radius 3 is 3.05 bits per heavy atom. The fourth-order valence-corrected chi connectivity index (χ4v) is 2.20. The van der Waals surface area contributed by atoms with Gasteiger partial charge in [-0.3, -0.25) is 10.1 Å². The van der Waals surface area contributed by atoms with Gasteiger partial charge in [-0.25, -0.2) is 4.98 Å². The van der Waals surface area contributed by atoms with E-state index in [4.69, 9.17) is 11.5 Å². The number of thiazole rings is 1. The molecule has 0 saturated carbocycles. The van der Waals surface area contributed by atoms with Crippen molar-refractivity contribution in [3.63, 3.8) is 0 Å². The second-order valence-electron chi connectivity index (χ2n) is 4.10. The van der Waals surface area contributed by atoms with Crippen LogP contribution >= 0.6 is 11.3 Å². The van der Waals surface area contributed by atoms with E-state index in [-0.39, 0.29) is 5.96 Å². The van der Waals surface area contributed by atoms with E-state index in [9.17, 15) is 10.1 Å². The maximum atomic E-state index is 10.0. The monoisotopic (exact) mass is 313 g/mol. The molecule has 1 aromatic heterocycles. The molecule has 6 N–H and O–H groups in total. The van der Waals surface area contributed by atoms with Crippen molar-refractivity contribution in [2.45, 2.75) is 19.3 Å². The molecule has 0 aliphatic carbocycles. The molecular weight excluding hydrogens is 294 g/mol. The summed E-state index contributed by atoms with van der Waals surface area (Å²) in [5, 5.41) is 18.4. The zero-order chi connectivity index (χ0) is 15.5. The van der Waals surface area contributed by atoms with Crippen LogP contribution in [0.1, 0.15) is 18.5 Å². The molecule has 0 amide bonds. The first-order valence-corrected chi connectivity index (χ1v) is 7.24. The SMILES string of the molecule is NC(N)=Nc1nc(CCCCNCN/C=C/[N+](=O)[O-])cs1. The summed E-state index contributed by atoms with van der Waals surface area (Å²) in [4.78, 5) is 17.7. The normalized spacial score (nSPS) is 10.7. The van der Waals surface area contributed by atoms with E-state index in [2.05, 4.69) is 20.6 Å². The predicted octanol–water partition coefficient (Wildman–Crippen LogP) is 0.255. The summed E-state index contributed by atoms with van der Waals surface area (Å²) in [5.74, 6) is 0.0127. The third-order valence-electron chi connectivity index (χ3n) is 2.34. The predicted molar refractivity (Wildman–Crippen MR) is 82.7 cm³/mol. The number of nitrogens with zero attached hydrogens (tertiary/aromatic N) is 3. The van der Waals surface area contributed by atoms with Gasteiger partial charge in [-0.05, 0) is 25.8 Å². The Hall–Kier alpha value is -2.20. The van der Waals surface area contributed by atoms with Gasteiger partial charge < -0.3 is 22.1 Å². The maximum Gasteiger partial charge on any atom is 0.249 e. The molecule has 116 valence electrons. The van der Waals surface area contributed by atoms with E-state index in [1.165, 1.54) is 17.5 Å². The van der Waals surface area contributed by atoms with Crippen molar-refractivity contribution >= 4 is 22.4 Å². The van der Waals surface area contributed by atoms with E-state index in [1.807, 2.05) is 5.38 Å². The number of aromatic nitrogens is 1. The molecule has 0 unspecified atom stereocenters. The standard InChI is InChI=1S/C11H19N7O2S/c12-10(13)17-11-16-9(7-21-11)3-1-2-4-14-8-15-5-6-18(19)20/h5-7,14-15H,1-4,8H2,(H4,12,13,16,17)/b6-5+. The minimum Gasteiger partial charge on any atom is -0.373 e. The lowest BCUT2D eigenvalue weighted by molar-refractivity contribution is -0.402. The molecule has 0 spiro atoms. The zero-order valence-corrected chi connectivity index (χ0v) is 12.3. The summed E-state index contributed by atoms with van der Waals surface area (Å²) < 4.78 is 0. The molecule has 21 heavy (non-hydrogen) atoms. The number of nitro groups is 1. The first-order valence-electron chi connectivity index (χ1n) is 6.36. The van der Waals surface area contributed by atoms with Gasteiger partial charge >= 0.3 is 0 Å². The second-order valence-corrected chi connectivity index (χ2v) is 4.93. The number of hydrogen-bond acceptors (Lipinski definition) is 7. The Morgan fingerprint density at radius 2 is 2.33 bits per heavy atom. The van der Waals surface area contributed by atoms with E-state index in [1.54, 1.807) is 0 Å². The number of aryl methyl sites for hydroxylation is 1. The zero-order valence-electron chi connectivity index (χ0n) is 11.5. The van der Waals surface area contributed by atoms with Crippen LogP contribution in [0.3, 0.4) is 0 Å². The van der Waals surface area contributed by atoms with E-state index in [0.717, 1.165) is 37.7 Å². The fraction of sp³-hybridized carbons (Fsp3) is 0.455. The van der Waals surface area contributed by atoms with Gasteiger partial charge in [0.05, 0.1) is 23.5 Å². The van der Waals surface area contributed by atoms with Gasteiger partial charge in [-0.2, -0.15) is 4.99 Å². The lowest BCUT2D eigenvalue weighted by Crippen LogP contribution is -2.26. The van der Waals surface area contributed by atoms with Crippen molar-refractivity contribution in [3.8, 4) is 0 Å². The molecular formula is C11H19N7O2S. The van der Waals surface area contributed by atoms with Crippen molar-refractivity contribution in [2.24, 2.45) is 16.5 Å². The Kier molecular flexibility index (Phi) is 7.76. The Balaban J connectivity index is 2.05. The highest BCUT2D eigenvalue weighted by molar-refractivity contribution is 7.13. The molecule has 0 aliphatic rings. The van der Waals surface area contributed by atoms with Gasteiger partial charge in [-0.15, -0.1) is 11.3 Å². The quantitative estimate of drug-likeness (QED) is 0.121. The lowest BCUT2D eigenvalue weighted by Gasteiger charge is -2.03. The van der Waals surface area contributed by atoms with E-state index < -0.39 is 4.92 Å². The summed E-state index contributed by atoms with van der Waals surface area (Å²) in [7, 11) is 0. The van der Waals surface area contributed by atoms with Gasteiger partial charge in [-0.1, -0.05) is 0 Å². The average molecular weight is 313 g/mol. The van der Waals surface area contributed by atoms with E-state index in [0.29, 0.717) is 11.8 Å². The van der Waals surface area contributed by atoms with Crippen LogP contribution < -0.4 is 22.1 Å². The van der Waals surface area contributed by atoms with Crippen LogP contribution in [-0.2, 0) is 6.42 Å². The van der Waals surface area contributed by atoms with Crippen LogP contribution in [0.25, 0.3) is 0 Å². The second kappa shape index (κ2) is 9.66. The van der Waals surface area contributed by atoms with Gasteiger partial charge in [0.2, 0.25) is 11.3 Å². The molecule has 1 rings (SSSR count). The third kappa shape index (κ3) is 8.55. The highest BCUT2D eigenvalue weighted by Crippen LogP contribution is 2.19. The number of hydrogen-bond donors (Lipinski definition) is 4. The van der Waals surface area contributed by atoms with Crippen molar-refractivity contribution in [3.05, 3.63) is 33.6 Å². The Bertz CT molecular complexity index is 497. The lowest BCUT2D eigenvalue weighted by atomic mass is 10.2. The molecule has 0 atom stereocenters. The van der Waals surface area contributed by atoms with Crippen LogP contribution in [0.5, 0.6) is 0 Å². The first kappa shape index (κ1) is 16.9. The van der Waals surface area contributed by atoms with Crippen molar-refractivity contribution in [1.29, 1.82) is 0 Å². The largest absolute Gasteiger partial charge is 0.373 e. The van der Waals surface area contributed by atoms with Gasteiger partial charge in [0.25, 0.3) is 0 Å². The molecule has 1 aromatic rings. The smallest absolute Gasteiger partial charge is 0.249 e. The van der Waals surface area contributed by atoms with Gasteiger partial charge in [0.15, 0.2) is 5.96 Å². The van der Waals surface area contributed by atoms with Crippen molar-refractivity contribution < 1.29 is 4.92 Å². The van der Waals surface area contributed by atoms with E-state index >= 15 is 0 Å². The fourth-order valence-electron chi connectivity index (χ4n) is 1.46. The minimum absolute atomic E-state index is 0.0127. The highest BCUT2D eigenvalue weighted by atomic mass is 32.1. The van der Waals surface area contributed by atoms with Crippen LogP contribution in [0.15, 0.2) is 22.8 Å². The molecule has 9 nitrogen and oxygen atoms in total. The van der Waals surface area contributed by atoms with Crippen LogP contribution in [0.2, 0.25) is 0 Å². The van der Waals surface area contributed by atoms with Crippen molar-refractivity contribution in [1.82, 2.24) is 15.6 Å². The molecule has 0 aromatic carbocycles. The van der Waals surface area contributed by atoms with Gasteiger partial charge in [0, 0.05) is 5.38 Å². The molecule has 0 bridgehead atoms. The first-order chi connectivity index (χ1) is 10.1. The Morgan fingerprint density at radius 1 is 1.52 bits per heavy atom. The number of nitrogens with two attached hydrogens (primary N) is 2. The summed E-state index contributed by atoms with van der Waals surface area (Å²) in [6.45, 7) is 1.32. The van der Waals surface area contributed by atoms with Crippen LogP contribution in [0, 0.1) is 10.1 Å². The molecule has 0 saturated heterocycles. The molecule has 10 heteroatoms. The maximum absolute atomic E-state index is 10.0. The summed E-state index contributed by atoms with van der Waals surface area (Å²) in [6, 6.07) is 0. The minimum atomic E-state index is -0.516. The summed E-state index contributed by atoms with van der Waals surface area (Å²) >= 11 is 1.41. The molecule has 0 radical (unpaired) electrons. The molecule has 0 fully saturated rings. The highest BCUT2D eigenvalue weighted by Gasteiger charge is 2.01. The number of rotatable bonds is 10. The van der Waals surface area contributed by atoms with Crippen molar-refractivity contribution in [2.75, 3.05) is 13.2 Å². The number of guanidine groups is 1. The molecule has 1 heterocycles. The number of nitrogens with one attached hydrogen (secondary N) is 2. The summed E-state index contributed by atoms with van der Waals surface area (Å²) in [6.07, 6.45) is 5.00. The van der Waals surface area contributed by atoms with Gasteiger partial charge in [0.1, 0.15) is 0 Å². The summed E-state index contributed by atoms with van der Waals surface area (Å²) in [5.41, 5.74) is 11.5. The van der Waals surface area contributed by atoms with Crippen LogP contribution in [0.4, 0.5) is 5.13 Å².